The summed E-state index contributed by atoms with van der Waals surface area (Å²) in [6.07, 6.45) is 1.71. The fourth-order valence-corrected chi connectivity index (χ4v) is 2.41. The summed E-state index contributed by atoms with van der Waals surface area (Å²) >= 11 is 3.37. The number of hydrogen-bond donors (Lipinski definition) is 2. The quantitative estimate of drug-likeness (QED) is 0.605. The Hall–Kier alpha value is -2.00. The van der Waals surface area contributed by atoms with Crippen molar-refractivity contribution in [1.82, 2.24) is 15.0 Å². The van der Waals surface area contributed by atoms with Crippen LogP contribution in [0, 0.1) is 17.0 Å². The van der Waals surface area contributed by atoms with Crippen molar-refractivity contribution in [3.05, 3.63) is 44.2 Å². The molecule has 0 aliphatic heterocycles. The Labute approximate surface area is 129 Å². The SMILES string of the molecule is Cc1cc(Br)c(NCc2cn(CCO)nn2)cc1[N+](=O)[O-]. The number of halogens is 1. The van der Waals surface area contributed by atoms with E-state index in [-0.39, 0.29) is 12.3 Å². The lowest BCUT2D eigenvalue weighted by molar-refractivity contribution is -0.385. The van der Waals surface area contributed by atoms with Crippen LogP contribution >= 0.6 is 15.9 Å². The van der Waals surface area contributed by atoms with Crippen molar-refractivity contribution in [2.45, 2.75) is 20.0 Å². The molecule has 112 valence electrons. The van der Waals surface area contributed by atoms with Gasteiger partial charge in [0.05, 0.1) is 36.5 Å². The third kappa shape index (κ3) is 3.76. The van der Waals surface area contributed by atoms with E-state index in [2.05, 4.69) is 31.6 Å². The monoisotopic (exact) mass is 355 g/mol. The van der Waals surface area contributed by atoms with E-state index in [1.54, 1.807) is 19.2 Å². The maximum atomic E-state index is 10.9. The van der Waals surface area contributed by atoms with Gasteiger partial charge >= 0.3 is 0 Å². The summed E-state index contributed by atoms with van der Waals surface area (Å²) in [5.74, 6) is 0. The smallest absolute Gasteiger partial charge is 0.274 e. The normalized spacial score (nSPS) is 10.6. The summed E-state index contributed by atoms with van der Waals surface area (Å²) in [5, 5.41) is 30.6. The molecule has 9 heteroatoms. The number of nitro benzene ring substituents is 1. The van der Waals surface area contributed by atoms with Gasteiger partial charge in [-0.25, -0.2) is 4.68 Å². The molecule has 0 atom stereocenters. The van der Waals surface area contributed by atoms with Gasteiger partial charge in [-0.15, -0.1) is 5.10 Å². The second-order valence-electron chi connectivity index (χ2n) is 4.43. The summed E-state index contributed by atoms with van der Waals surface area (Å²) in [7, 11) is 0. The van der Waals surface area contributed by atoms with Gasteiger partial charge in [0.25, 0.3) is 5.69 Å². The average molecular weight is 356 g/mol. The maximum Gasteiger partial charge on any atom is 0.274 e. The Balaban J connectivity index is 2.11. The number of nitrogens with one attached hydrogen (secondary N) is 1. The van der Waals surface area contributed by atoms with E-state index in [1.165, 1.54) is 10.7 Å². The Kier molecular flexibility index (Phi) is 4.86. The Morgan fingerprint density at radius 3 is 2.95 bits per heavy atom. The van der Waals surface area contributed by atoms with Gasteiger partial charge in [0.15, 0.2) is 0 Å². The van der Waals surface area contributed by atoms with Crippen molar-refractivity contribution in [2.75, 3.05) is 11.9 Å². The van der Waals surface area contributed by atoms with E-state index in [9.17, 15) is 10.1 Å². The van der Waals surface area contributed by atoms with Gasteiger partial charge in [0.2, 0.25) is 0 Å². The lowest BCUT2D eigenvalue weighted by atomic mass is 10.2. The topological polar surface area (TPSA) is 106 Å². The van der Waals surface area contributed by atoms with Gasteiger partial charge in [0, 0.05) is 16.1 Å². The lowest BCUT2D eigenvalue weighted by Crippen LogP contribution is -2.03. The minimum atomic E-state index is -0.412. The molecule has 0 amide bonds. The average Bonchev–Trinajstić information content (AvgIpc) is 2.85. The first-order chi connectivity index (χ1) is 10.0. The first kappa shape index (κ1) is 15.4. The molecule has 21 heavy (non-hydrogen) atoms. The summed E-state index contributed by atoms with van der Waals surface area (Å²) in [6.45, 7) is 2.44. The van der Waals surface area contributed by atoms with E-state index in [1.807, 2.05) is 0 Å². The van der Waals surface area contributed by atoms with Crippen molar-refractivity contribution in [1.29, 1.82) is 0 Å². The van der Waals surface area contributed by atoms with Gasteiger partial charge < -0.3 is 10.4 Å². The standard InChI is InChI=1S/C12H14BrN5O3/c1-8-4-10(13)11(5-12(8)18(20)21)14-6-9-7-17(2-3-19)16-15-9/h4-5,7,14,19H,2-3,6H2,1H3. The van der Waals surface area contributed by atoms with Crippen LogP contribution in [0.5, 0.6) is 0 Å². The second kappa shape index (κ2) is 6.64. The van der Waals surface area contributed by atoms with Gasteiger partial charge in [-0.05, 0) is 28.9 Å². The number of rotatable bonds is 6. The van der Waals surface area contributed by atoms with Crippen LogP contribution in [0.4, 0.5) is 11.4 Å². The molecule has 2 N–H and O–H groups in total. The van der Waals surface area contributed by atoms with Crippen LogP contribution in [0.25, 0.3) is 0 Å². The molecule has 0 spiro atoms. The molecule has 0 unspecified atom stereocenters. The molecule has 1 aromatic carbocycles. The van der Waals surface area contributed by atoms with Crippen LogP contribution < -0.4 is 5.32 Å². The predicted molar refractivity (Wildman–Crippen MR) is 80.0 cm³/mol. The third-order valence-corrected chi connectivity index (χ3v) is 3.51. The number of aliphatic hydroxyl groups excluding tert-OH is 1. The summed E-state index contributed by atoms with van der Waals surface area (Å²) < 4.78 is 2.28. The van der Waals surface area contributed by atoms with Crippen LogP contribution in [-0.2, 0) is 13.1 Å². The number of hydrogen-bond acceptors (Lipinski definition) is 6. The number of anilines is 1. The zero-order valence-corrected chi connectivity index (χ0v) is 12.9. The summed E-state index contributed by atoms with van der Waals surface area (Å²) in [5.41, 5.74) is 1.94. The number of aliphatic hydroxyl groups is 1. The van der Waals surface area contributed by atoms with Gasteiger partial charge in [-0.1, -0.05) is 5.21 Å². The largest absolute Gasteiger partial charge is 0.394 e. The van der Waals surface area contributed by atoms with Crippen LogP contribution in [-0.4, -0.2) is 31.6 Å². The van der Waals surface area contributed by atoms with Crippen molar-refractivity contribution in [3.8, 4) is 0 Å². The van der Waals surface area contributed by atoms with E-state index in [4.69, 9.17) is 5.11 Å². The number of nitro groups is 1. The first-order valence-corrected chi connectivity index (χ1v) is 6.99. The van der Waals surface area contributed by atoms with Crippen LogP contribution in [0.1, 0.15) is 11.3 Å². The molecule has 0 saturated carbocycles. The maximum absolute atomic E-state index is 10.9. The Morgan fingerprint density at radius 2 is 2.29 bits per heavy atom. The van der Waals surface area contributed by atoms with Crippen LogP contribution in [0.3, 0.4) is 0 Å². The molecular weight excluding hydrogens is 342 g/mol. The molecule has 1 heterocycles. The van der Waals surface area contributed by atoms with Gasteiger partial charge in [-0.2, -0.15) is 0 Å². The highest BCUT2D eigenvalue weighted by Crippen LogP contribution is 2.30. The van der Waals surface area contributed by atoms with Crippen molar-refractivity contribution < 1.29 is 10.0 Å². The molecular formula is C12H14BrN5O3. The van der Waals surface area contributed by atoms with E-state index >= 15 is 0 Å². The fourth-order valence-electron chi connectivity index (χ4n) is 1.81. The number of aromatic nitrogens is 3. The first-order valence-electron chi connectivity index (χ1n) is 6.19. The van der Waals surface area contributed by atoms with Crippen LogP contribution in [0.2, 0.25) is 0 Å². The molecule has 2 aromatic rings. The number of nitrogens with zero attached hydrogens (tertiary/aromatic N) is 4. The molecule has 0 aliphatic carbocycles. The molecule has 0 bridgehead atoms. The zero-order chi connectivity index (χ0) is 15.4. The van der Waals surface area contributed by atoms with Crippen molar-refractivity contribution >= 4 is 27.3 Å². The number of aryl methyl sites for hydroxylation is 1. The highest BCUT2D eigenvalue weighted by Gasteiger charge is 2.14. The minimum absolute atomic E-state index is 0.00800. The molecule has 8 nitrogen and oxygen atoms in total. The summed E-state index contributed by atoms with van der Waals surface area (Å²) in [6, 6.07) is 3.18. The molecule has 1 aromatic heterocycles. The van der Waals surface area contributed by atoms with Gasteiger partial charge in [-0.3, -0.25) is 10.1 Å². The van der Waals surface area contributed by atoms with Gasteiger partial charge in [0.1, 0.15) is 5.69 Å². The summed E-state index contributed by atoms with van der Waals surface area (Å²) in [4.78, 5) is 10.5. The second-order valence-corrected chi connectivity index (χ2v) is 5.28. The van der Waals surface area contributed by atoms with E-state index < -0.39 is 4.92 Å². The number of benzene rings is 1. The predicted octanol–water partition coefficient (Wildman–Crippen LogP) is 1.86. The molecule has 0 aliphatic rings. The van der Waals surface area contributed by atoms with Crippen LogP contribution in [0.15, 0.2) is 22.8 Å². The molecule has 2 rings (SSSR count). The molecule has 0 fully saturated rings. The molecule has 0 radical (unpaired) electrons. The Bertz CT molecular complexity index is 658. The van der Waals surface area contributed by atoms with Crippen molar-refractivity contribution in [3.63, 3.8) is 0 Å². The highest BCUT2D eigenvalue weighted by molar-refractivity contribution is 9.10. The van der Waals surface area contributed by atoms with E-state index in [0.717, 1.165) is 4.47 Å². The zero-order valence-electron chi connectivity index (χ0n) is 11.3. The fraction of sp³-hybridized carbons (Fsp3) is 0.333. The lowest BCUT2D eigenvalue weighted by Gasteiger charge is -2.08. The highest BCUT2D eigenvalue weighted by atomic mass is 79.9. The molecule has 0 saturated heterocycles. The van der Waals surface area contributed by atoms with E-state index in [0.29, 0.717) is 30.0 Å². The minimum Gasteiger partial charge on any atom is -0.394 e. The third-order valence-electron chi connectivity index (χ3n) is 2.86. The van der Waals surface area contributed by atoms with Crippen molar-refractivity contribution in [2.24, 2.45) is 0 Å². The Morgan fingerprint density at radius 1 is 1.52 bits per heavy atom.